The van der Waals surface area contributed by atoms with Gasteiger partial charge in [-0.15, -0.1) is 0 Å². The lowest BCUT2D eigenvalue weighted by Gasteiger charge is -2.20. The predicted octanol–water partition coefficient (Wildman–Crippen LogP) is 10.9. The lowest BCUT2D eigenvalue weighted by Crippen LogP contribution is -2.34. The number of aliphatic hydroxyl groups is 1. The Morgan fingerprint density at radius 3 is 1.58 bits per heavy atom. The van der Waals surface area contributed by atoms with Crippen LogP contribution in [-0.2, 0) is 37.5 Å². The third-order valence-electron chi connectivity index (χ3n) is 9.26. The van der Waals surface area contributed by atoms with Gasteiger partial charge in [0.05, 0.1) is 19.3 Å². The van der Waals surface area contributed by atoms with E-state index in [2.05, 4.69) is 60.1 Å². The lowest BCUT2D eigenvalue weighted by atomic mass is 10.1. The summed E-state index contributed by atoms with van der Waals surface area (Å²) in [5.74, 6) is -2.48. The average Bonchev–Trinajstić information content (AvgIpc) is 3.20. The average molecular weight is 854 g/mol. The molecule has 0 rings (SSSR count). The standard InChI is InChI=1S/C46H80NO11P/c1-3-4-5-6-7-8-9-10-11-12-15-19-22-25-28-31-34-37-45(50)58-42(39-56-59(53,54)57-40-43(47)46(51)52)38-55-44(49)36-33-30-27-24-21-18-16-13-14-17-20-23-26-29-32-35-41(2)48/h10-11,14,16-18,23-24,26-27,41-43,48H,3-9,12-13,15,19-22,25,28-40,47H2,1-2H3,(H,51,52)(H,53,54)/b11-10-,17-14-,18-16-,26-23-,27-24-/t41-,42-,43+/m1/s1. The number of esters is 2. The molecule has 4 atom stereocenters. The van der Waals surface area contributed by atoms with Crippen LogP contribution in [0.15, 0.2) is 60.8 Å². The van der Waals surface area contributed by atoms with Gasteiger partial charge in [-0.25, -0.2) is 4.57 Å². The zero-order chi connectivity index (χ0) is 43.7. The molecule has 0 aliphatic heterocycles. The molecule has 0 fully saturated rings. The van der Waals surface area contributed by atoms with Gasteiger partial charge in [0.15, 0.2) is 6.10 Å². The van der Waals surface area contributed by atoms with E-state index >= 15 is 0 Å². The van der Waals surface area contributed by atoms with Crippen molar-refractivity contribution >= 4 is 25.7 Å². The van der Waals surface area contributed by atoms with Crippen LogP contribution < -0.4 is 5.73 Å². The zero-order valence-corrected chi connectivity index (χ0v) is 37.3. The van der Waals surface area contributed by atoms with E-state index in [9.17, 15) is 28.9 Å². The van der Waals surface area contributed by atoms with E-state index in [1.807, 2.05) is 19.1 Å². The number of carbonyl (C=O) groups is 3. The molecule has 0 radical (unpaired) electrons. The summed E-state index contributed by atoms with van der Waals surface area (Å²) in [5, 5.41) is 18.2. The van der Waals surface area contributed by atoms with Gasteiger partial charge in [0.1, 0.15) is 12.6 Å². The van der Waals surface area contributed by atoms with Crippen molar-refractivity contribution in [2.45, 2.75) is 193 Å². The smallest absolute Gasteiger partial charge is 0.472 e. The van der Waals surface area contributed by atoms with Crippen molar-refractivity contribution in [2.75, 3.05) is 19.8 Å². The summed E-state index contributed by atoms with van der Waals surface area (Å²) in [7, 11) is -4.74. The molecule has 0 spiro atoms. The van der Waals surface area contributed by atoms with Crippen molar-refractivity contribution in [1.29, 1.82) is 0 Å². The maximum Gasteiger partial charge on any atom is 0.472 e. The third-order valence-corrected chi connectivity index (χ3v) is 10.2. The molecule has 0 saturated carbocycles. The van der Waals surface area contributed by atoms with Gasteiger partial charge in [-0.1, -0.05) is 132 Å². The van der Waals surface area contributed by atoms with E-state index < -0.39 is 51.1 Å². The Morgan fingerprint density at radius 2 is 1.03 bits per heavy atom. The SMILES string of the molecule is CCCCCCCC/C=C\CCCCCCCCCC(=O)O[C@H](COC(=O)CCC/C=C\C/C=C\C/C=C\C/C=C\CCC[C@@H](C)O)COP(=O)(O)OC[C@H](N)C(=O)O. The second-order valence-corrected chi connectivity index (χ2v) is 16.6. The lowest BCUT2D eigenvalue weighted by molar-refractivity contribution is -0.161. The zero-order valence-electron chi connectivity index (χ0n) is 36.4. The second kappa shape index (κ2) is 40.5. The highest BCUT2D eigenvalue weighted by molar-refractivity contribution is 7.47. The van der Waals surface area contributed by atoms with Gasteiger partial charge >= 0.3 is 25.7 Å². The van der Waals surface area contributed by atoms with Crippen LogP contribution in [0.4, 0.5) is 0 Å². The molecule has 0 amide bonds. The number of unbranched alkanes of at least 4 members (excludes halogenated alkanes) is 15. The highest BCUT2D eigenvalue weighted by Gasteiger charge is 2.28. The van der Waals surface area contributed by atoms with Crippen LogP contribution >= 0.6 is 7.82 Å². The van der Waals surface area contributed by atoms with Crippen molar-refractivity contribution in [1.82, 2.24) is 0 Å². The van der Waals surface area contributed by atoms with E-state index in [4.69, 9.17) is 24.8 Å². The molecular weight excluding hydrogens is 773 g/mol. The Labute approximate surface area is 356 Å². The van der Waals surface area contributed by atoms with Gasteiger partial charge in [0.25, 0.3) is 0 Å². The Morgan fingerprint density at radius 1 is 0.593 bits per heavy atom. The summed E-state index contributed by atoms with van der Waals surface area (Å²) in [6.45, 7) is 2.28. The van der Waals surface area contributed by atoms with Crippen LogP contribution in [-0.4, -0.2) is 71.1 Å². The van der Waals surface area contributed by atoms with Gasteiger partial charge < -0.3 is 30.3 Å². The van der Waals surface area contributed by atoms with Crippen LogP contribution in [0, 0.1) is 0 Å². The van der Waals surface area contributed by atoms with E-state index in [1.165, 1.54) is 57.8 Å². The Bertz CT molecular complexity index is 1250. The number of phosphoric acid groups is 1. The first-order chi connectivity index (χ1) is 28.5. The molecule has 0 heterocycles. The van der Waals surface area contributed by atoms with Crippen molar-refractivity contribution in [2.24, 2.45) is 5.73 Å². The number of nitrogens with two attached hydrogens (primary N) is 1. The van der Waals surface area contributed by atoms with Gasteiger partial charge in [0, 0.05) is 12.8 Å². The Hall–Kier alpha value is -2.86. The minimum Gasteiger partial charge on any atom is -0.480 e. The molecule has 0 saturated heterocycles. The molecule has 0 bridgehead atoms. The molecule has 12 nitrogen and oxygen atoms in total. The van der Waals surface area contributed by atoms with Crippen molar-refractivity contribution in [3.63, 3.8) is 0 Å². The first-order valence-electron chi connectivity index (χ1n) is 22.3. The molecule has 0 aromatic heterocycles. The number of ether oxygens (including phenoxy) is 2. The molecule has 0 aromatic rings. The van der Waals surface area contributed by atoms with Crippen LogP contribution in [0.3, 0.4) is 0 Å². The number of carbonyl (C=O) groups excluding carboxylic acids is 2. The minimum absolute atomic E-state index is 0.131. The Balaban J connectivity index is 4.45. The van der Waals surface area contributed by atoms with E-state index in [0.29, 0.717) is 19.3 Å². The van der Waals surface area contributed by atoms with Crippen molar-refractivity contribution in [3.8, 4) is 0 Å². The fraction of sp³-hybridized carbons (Fsp3) is 0.717. The number of carboxylic acid groups (broad SMARTS) is 1. The number of aliphatic carboxylic acids is 1. The van der Waals surface area contributed by atoms with Gasteiger partial charge in [-0.2, -0.15) is 0 Å². The van der Waals surface area contributed by atoms with Gasteiger partial charge in [0.2, 0.25) is 0 Å². The fourth-order valence-corrected chi connectivity index (χ4v) is 6.50. The molecule has 5 N–H and O–H groups in total. The molecule has 0 aromatic carbocycles. The summed E-state index contributed by atoms with van der Waals surface area (Å²) in [6.07, 6.45) is 44.2. The van der Waals surface area contributed by atoms with Crippen LogP contribution in [0.5, 0.6) is 0 Å². The molecule has 1 unspecified atom stereocenters. The maximum absolute atomic E-state index is 12.6. The second-order valence-electron chi connectivity index (χ2n) is 15.1. The molecule has 340 valence electrons. The molecule has 13 heteroatoms. The quantitative estimate of drug-likeness (QED) is 0.0197. The predicted molar refractivity (Wildman–Crippen MR) is 237 cm³/mol. The maximum atomic E-state index is 12.6. The Kier molecular flexibility index (Phi) is 38.6. The topological polar surface area (TPSA) is 192 Å². The van der Waals surface area contributed by atoms with Gasteiger partial charge in [-0.05, 0) is 90.4 Å². The summed E-state index contributed by atoms with van der Waals surface area (Å²) >= 11 is 0. The van der Waals surface area contributed by atoms with E-state index in [-0.39, 0.29) is 25.6 Å². The van der Waals surface area contributed by atoms with Crippen LogP contribution in [0.2, 0.25) is 0 Å². The van der Waals surface area contributed by atoms with Crippen LogP contribution in [0.25, 0.3) is 0 Å². The van der Waals surface area contributed by atoms with Crippen LogP contribution in [0.1, 0.15) is 174 Å². The van der Waals surface area contributed by atoms with Crippen molar-refractivity contribution in [3.05, 3.63) is 60.8 Å². The molecule has 59 heavy (non-hydrogen) atoms. The molecule has 0 aliphatic rings. The number of carboxylic acids is 1. The molecule has 0 aliphatic carbocycles. The van der Waals surface area contributed by atoms with Crippen molar-refractivity contribution < 1.29 is 52.6 Å². The summed E-state index contributed by atoms with van der Waals surface area (Å²) < 4.78 is 32.6. The van der Waals surface area contributed by atoms with Gasteiger partial charge in [-0.3, -0.25) is 23.4 Å². The number of aliphatic hydroxyl groups excluding tert-OH is 1. The third kappa shape index (κ3) is 41.7. The monoisotopic (exact) mass is 854 g/mol. The fourth-order valence-electron chi connectivity index (χ4n) is 5.72. The largest absolute Gasteiger partial charge is 0.480 e. The number of hydrogen-bond donors (Lipinski definition) is 4. The first-order valence-corrected chi connectivity index (χ1v) is 23.8. The number of hydrogen-bond acceptors (Lipinski definition) is 10. The first kappa shape index (κ1) is 56.1. The highest BCUT2D eigenvalue weighted by Crippen LogP contribution is 2.43. The number of rotatable bonds is 41. The summed E-state index contributed by atoms with van der Waals surface area (Å²) in [4.78, 5) is 46.0. The number of allylic oxidation sites excluding steroid dienone is 10. The molecular formula is C46H80NO11P. The number of phosphoric ester groups is 1. The van der Waals surface area contributed by atoms with E-state index in [1.54, 1.807) is 0 Å². The summed E-state index contributed by atoms with van der Waals surface area (Å²) in [6, 6.07) is -1.54. The highest BCUT2D eigenvalue weighted by atomic mass is 31.2. The normalized spacial score (nSPS) is 14.8. The van der Waals surface area contributed by atoms with E-state index in [0.717, 1.165) is 70.6 Å². The minimum atomic E-state index is -4.74. The summed E-state index contributed by atoms with van der Waals surface area (Å²) in [5.41, 5.74) is 5.33.